The minimum Gasteiger partial charge on any atom is -0.319 e. The number of aryl methyl sites for hydroxylation is 1. The summed E-state index contributed by atoms with van der Waals surface area (Å²) >= 11 is 5.78. The van der Waals surface area contributed by atoms with E-state index < -0.39 is 11.7 Å². The van der Waals surface area contributed by atoms with Crippen molar-refractivity contribution in [3.05, 3.63) is 58.6 Å². The number of benzene rings is 1. The van der Waals surface area contributed by atoms with Crippen LogP contribution in [0.4, 0.5) is 10.1 Å². The van der Waals surface area contributed by atoms with Crippen molar-refractivity contribution in [2.75, 3.05) is 5.32 Å². The maximum absolute atomic E-state index is 13.6. The molecule has 1 heterocycles. The summed E-state index contributed by atoms with van der Waals surface area (Å²) in [4.78, 5) is 15.7. The Morgan fingerprint density at radius 3 is 2.83 bits per heavy atom. The van der Waals surface area contributed by atoms with Gasteiger partial charge in [-0.25, -0.2) is 9.37 Å². The summed E-state index contributed by atoms with van der Waals surface area (Å²) in [6.45, 7) is 1.77. The summed E-state index contributed by atoms with van der Waals surface area (Å²) in [7, 11) is 0. The summed E-state index contributed by atoms with van der Waals surface area (Å²) < 4.78 is 13.6. The van der Waals surface area contributed by atoms with Crippen LogP contribution in [0.3, 0.4) is 0 Å². The summed E-state index contributed by atoms with van der Waals surface area (Å²) in [5, 5.41) is 2.54. The van der Waals surface area contributed by atoms with E-state index in [1.54, 1.807) is 19.1 Å². The molecule has 0 atom stereocenters. The van der Waals surface area contributed by atoms with Crippen molar-refractivity contribution in [2.45, 2.75) is 6.92 Å². The summed E-state index contributed by atoms with van der Waals surface area (Å²) in [6.07, 6.45) is 1.48. The van der Waals surface area contributed by atoms with Gasteiger partial charge in [0.1, 0.15) is 11.0 Å². The van der Waals surface area contributed by atoms with Crippen LogP contribution in [-0.2, 0) is 0 Å². The zero-order valence-electron chi connectivity index (χ0n) is 9.58. The number of anilines is 1. The summed E-state index contributed by atoms with van der Waals surface area (Å²) in [6, 6.07) is 7.68. The van der Waals surface area contributed by atoms with Crippen molar-refractivity contribution in [1.29, 1.82) is 0 Å². The van der Waals surface area contributed by atoms with Crippen molar-refractivity contribution in [2.24, 2.45) is 0 Å². The number of carbonyl (C=O) groups is 1. The van der Waals surface area contributed by atoms with Crippen molar-refractivity contribution < 1.29 is 9.18 Å². The number of hydrogen-bond donors (Lipinski definition) is 1. The standard InChI is InChI=1S/C13H10ClFN2O/c1-8-4-5-11(10(15)7-8)17-13(18)9-3-2-6-16-12(9)14/h2-7H,1H3,(H,17,18). The molecule has 0 spiro atoms. The van der Waals surface area contributed by atoms with Crippen LogP contribution in [-0.4, -0.2) is 10.9 Å². The average molecular weight is 265 g/mol. The van der Waals surface area contributed by atoms with Crippen molar-refractivity contribution in [1.82, 2.24) is 4.98 Å². The minimum atomic E-state index is -0.490. The van der Waals surface area contributed by atoms with Gasteiger partial charge in [-0.2, -0.15) is 0 Å². The molecule has 1 N–H and O–H groups in total. The Morgan fingerprint density at radius 1 is 1.39 bits per heavy atom. The molecule has 1 aromatic heterocycles. The number of amides is 1. The van der Waals surface area contributed by atoms with Crippen LogP contribution in [0.15, 0.2) is 36.5 Å². The van der Waals surface area contributed by atoms with Gasteiger partial charge in [0.05, 0.1) is 11.3 Å². The van der Waals surface area contributed by atoms with Gasteiger partial charge >= 0.3 is 0 Å². The maximum atomic E-state index is 13.6. The zero-order chi connectivity index (χ0) is 13.1. The van der Waals surface area contributed by atoms with Crippen molar-refractivity contribution >= 4 is 23.2 Å². The molecule has 0 unspecified atom stereocenters. The fourth-order valence-electron chi connectivity index (χ4n) is 1.47. The smallest absolute Gasteiger partial charge is 0.258 e. The van der Waals surface area contributed by atoms with Gasteiger partial charge < -0.3 is 5.32 Å². The quantitative estimate of drug-likeness (QED) is 0.845. The van der Waals surface area contributed by atoms with Crippen LogP contribution in [0.2, 0.25) is 5.15 Å². The fourth-order valence-corrected chi connectivity index (χ4v) is 1.67. The molecular weight excluding hydrogens is 255 g/mol. The Morgan fingerprint density at radius 2 is 2.17 bits per heavy atom. The zero-order valence-corrected chi connectivity index (χ0v) is 10.3. The van der Waals surface area contributed by atoms with E-state index in [4.69, 9.17) is 11.6 Å². The van der Waals surface area contributed by atoms with Gasteiger partial charge in [0.15, 0.2) is 0 Å². The molecular formula is C13H10ClFN2O. The highest BCUT2D eigenvalue weighted by Crippen LogP contribution is 2.18. The number of nitrogens with one attached hydrogen (secondary N) is 1. The lowest BCUT2D eigenvalue weighted by Gasteiger charge is -2.07. The SMILES string of the molecule is Cc1ccc(NC(=O)c2cccnc2Cl)c(F)c1. The van der Waals surface area contributed by atoms with Gasteiger partial charge in [0, 0.05) is 6.20 Å². The third kappa shape index (κ3) is 2.65. The van der Waals surface area contributed by atoms with Gasteiger partial charge in [-0.1, -0.05) is 17.7 Å². The van der Waals surface area contributed by atoms with E-state index in [1.165, 1.54) is 24.4 Å². The molecule has 0 aliphatic carbocycles. The number of nitrogens with zero attached hydrogens (tertiary/aromatic N) is 1. The van der Waals surface area contributed by atoms with Crippen molar-refractivity contribution in [3.63, 3.8) is 0 Å². The van der Waals surface area contributed by atoms with Crippen molar-refractivity contribution in [3.8, 4) is 0 Å². The average Bonchev–Trinajstić information content (AvgIpc) is 2.33. The monoisotopic (exact) mass is 264 g/mol. The predicted molar refractivity (Wildman–Crippen MR) is 68.3 cm³/mol. The molecule has 0 aliphatic rings. The van der Waals surface area contributed by atoms with Gasteiger partial charge in [-0.15, -0.1) is 0 Å². The Bertz CT molecular complexity index is 601. The number of rotatable bonds is 2. The molecule has 2 rings (SSSR count). The lowest BCUT2D eigenvalue weighted by Crippen LogP contribution is -2.14. The van der Waals surface area contributed by atoms with E-state index in [0.717, 1.165) is 5.56 Å². The Balaban J connectivity index is 2.24. The van der Waals surface area contributed by atoms with Gasteiger partial charge in [0.2, 0.25) is 0 Å². The maximum Gasteiger partial charge on any atom is 0.258 e. The molecule has 0 bridgehead atoms. The van der Waals surface area contributed by atoms with E-state index in [0.29, 0.717) is 0 Å². The second kappa shape index (κ2) is 5.14. The van der Waals surface area contributed by atoms with Crippen LogP contribution in [0.5, 0.6) is 0 Å². The van der Waals surface area contributed by atoms with Crippen LogP contribution in [0, 0.1) is 12.7 Å². The van der Waals surface area contributed by atoms with Gasteiger partial charge in [-0.3, -0.25) is 4.79 Å². The van der Waals surface area contributed by atoms with E-state index >= 15 is 0 Å². The minimum absolute atomic E-state index is 0.0857. The summed E-state index contributed by atoms with van der Waals surface area (Å²) in [5.41, 5.74) is 1.11. The first-order valence-electron chi connectivity index (χ1n) is 5.26. The highest BCUT2D eigenvalue weighted by Gasteiger charge is 2.12. The number of halogens is 2. The number of aromatic nitrogens is 1. The van der Waals surface area contributed by atoms with Gasteiger partial charge in [0.25, 0.3) is 5.91 Å². The fraction of sp³-hybridized carbons (Fsp3) is 0.0769. The Hall–Kier alpha value is -1.94. The van der Waals surface area contributed by atoms with Crippen LogP contribution in [0.1, 0.15) is 15.9 Å². The highest BCUT2D eigenvalue weighted by molar-refractivity contribution is 6.33. The van der Waals surface area contributed by atoms with Crippen LogP contribution < -0.4 is 5.32 Å². The first-order valence-corrected chi connectivity index (χ1v) is 5.64. The first kappa shape index (κ1) is 12.5. The second-order valence-corrected chi connectivity index (χ2v) is 4.14. The Labute approximate surface area is 109 Å². The predicted octanol–water partition coefficient (Wildman–Crippen LogP) is 3.43. The van der Waals surface area contributed by atoms with Gasteiger partial charge in [-0.05, 0) is 36.8 Å². The molecule has 2 aromatic rings. The molecule has 3 nitrogen and oxygen atoms in total. The molecule has 0 aliphatic heterocycles. The molecule has 0 saturated carbocycles. The summed E-state index contributed by atoms with van der Waals surface area (Å²) in [5.74, 6) is -0.973. The molecule has 0 radical (unpaired) electrons. The normalized spacial score (nSPS) is 10.2. The topological polar surface area (TPSA) is 42.0 Å². The molecule has 0 saturated heterocycles. The molecule has 1 aromatic carbocycles. The molecule has 0 fully saturated rings. The first-order chi connectivity index (χ1) is 8.58. The number of hydrogen-bond acceptors (Lipinski definition) is 2. The molecule has 5 heteroatoms. The van der Waals surface area contributed by atoms with Crippen LogP contribution in [0.25, 0.3) is 0 Å². The lowest BCUT2D eigenvalue weighted by atomic mass is 10.2. The highest BCUT2D eigenvalue weighted by atomic mass is 35.5. The number of carbonyl (C=O) groups excluding carboxylic acids is 1. The van der Waals surface area contributed by atoms with E-state index in [9.17, 15) is 9.18 Å². The van der Waals surface area contributed by atoms with E-state index in [1.807, 2.05) is 0 Å². The van der Waals surface area contributed by atoms with E-state index in [2.05, 4.69) is 10.3 Å². The Kier molecular flexibility index (Phi) is 3.58. The lowest BCUT2D eigenvalue weighted by molar-refractivity contribution is 0.102. The molecule has 18 heavy (non-hydrogen) atoms. The van der Waals surface area contributed by atoms with Crippen LogP contribution >= 0.6 is 11.6 Å². The van der Waals surface area contributed by atoms with E-state index in [-0.39, 0.29) is 16.4 Å². The third-order valence-corrected chi connectivity index (χ3v) is 2.68. The second-order valence-electron chi connectivity index (χ2n) is 3.78. The third-order valence-electron chi connectivity index (χ3n) is 2.38. The largest absolute Gasteiger partial charge is 0.319 e. The molecule has 1 amide bonds. The number of pyridine rings is 1. The molecule has 92 valence electrons.